The van der Waals surface area contributed by atoms with Crippen LogP contribution in [0.15, 0.2) is 29.3 Å². The van der Waals surface area contributed by atoms with Gasteiger partial charge in [0.1, 0.15) is 0 Å². The van der Waals surface area contributed by atoms with E-state index in [1.165, 1.54) is 0 Å². The van der Waals surface area contributed by atoms with Crippen molar-refractivity contribution in [3.63, 3.8) is 0 Å². The summed E-state index contributed by atoms with van der Waals surface area (Å²) in [5, 5.41) is 18.7. The van der Waals surface area contributed by atoms with Gasteiger partial charge in [-0.3, -0.25) is 4.79 Å². The molecule has 0 heterocycles. The van der Waals surface area contributed by atoms with Crippen LogP contribution in [0.25, 0.3) is 0 Å². The fourth-order valence-electron chi connectivity index (χ4n) is 2.84. The Kier molecular flexibility index (Phi) is 11.9. The minimum Gasteiger partial charge on any atom is -0.396 e. The number of carbonyl (C=O) groups excluding carboxylic acids is 1. The number of aliphatic imine (C=N–C) groups is 1. The quantitative estimate of drug-likeness (QED) is 0.333. The zero-order valence-electron chi connectivity index (χ0n) is 17.1. The van der Waals surface area contributed by atoms with Gasteiger partial charge in [0.2, 0.25) is 5.91 Å². The van der Waals surface area contributed by atoms with E-state index in [1.54, 1.807) is 0 Å². The summed E-state index contributed by atoms with van der Waals surface area (Å²) < 4.78 is 0. The molecule has 0 aliphatic carbocycles. The third kappa shape index (κ3) is 9.99. The number of aliphatic hydroxyl groups excluding tert-OH is 1. The molecule has 0 spiro atoms. The van der Waals surface area contributed by atoms with E-state index in [9.17, 15) is 9.90 Å². The van der Waals surface area contributed by atoms with Crippen molar-refractivity contribution < 1.29 is 9.90 Å². The van der Waals surface area contributed by atoms with Crippen LogP contribution in [0.4, 0.5) is 5.69 Å². The Bertz CT molecular complexity index is 552. The summed E-state index contributed by atoms with van der Waals surface area (Å²) in [6.45, 7) is 8.60. The van der Waals surface area contributed by atoms with Crippen molar-refractivity contribution in [1.82, 2.24) is 10.6 Å². The maximum atomic E-state index is 11.6. The molecular formula is C21H36N4O2. The SMILES string of the molecule is CCCC(=O)Nc1ccc(CN=C(NCC)NCC(CCC)CCO)cc1. The lowest BCUT2D eigenvalue weighted by atomic mass is 10.0. The highest BCUT2D eigenvalue weighted by Gasteiger charge is 2.08. The second kappa shape index (κ2) is 14.0. The van der Waals surface area contributed by atoms with Crippen molar-refractivity contribution in [2.75, 3.05) is 25.0 Å². The van der Waals surface area contributed by atoms with Crippen molar-refractivity contribution in [2.45, 2.75) is 59.4 Å². The fraction of sp³-hybridized carbons (Fsp3) is 0.619. The van der Waals surface area contributed by atoms with Crippen molar-refractivity contribution in [2.24, 2.45) is 10.9 Å². The number of aliphatic hydroxyl groups is 1. The van der Waals surface area contributed by atoms with Gasteiger partial charge in [0.25, 0.3) is 0 Å². The monoisotopic (exact) mass is 376 g/mol. The van der Waals surface area contributed by atoms with Crippen molar-refractivity contribution in [3.8, 4) is 0 Å². The van der Waals surface area contributed by atoms with Gasteiger partial charge in [0.15, 0.2) is 5.96 Å². The van der Waals surface area contributed by atoms with Crippen molar-refractivity contribution in [3.05, 3.63) is 29.8 Å². The number of nitrogens with zero attached hydrogens (tertiary/aromatic N) is 1. The number of amides is 1. The molecule has 4 N–H and O–H groups in total. The van der Waals surface area contributed by atoms with Gasteiger partial charge in [-0.15, -0.1) is 0 Å². The first-order valence-electron chi connectivity index (χ1n) is 10.1. The van der Waals surface area contributed by atoms with Crippen molar-refractivity contribution in [1.29, 1.82) is 0 Å². The van der Waals surface area contributed by atoms with Gasteiger partial charge in [-0.25, -0.2) is 4.99 Å². The topological polar surface area (TPSA) is 85.8 Å². The molecule has 152 valence electrons. The Morgan fingerprint density at radius 3 is 2.41 bits per heavy atom. The number of hydrogen-bond acceptors (Lipinski definition) is 3. The Morgan fingerprint density at radius 2 is 1.81 bits per heavy atom. The number of anilines is 1. The second-order valence-corrected chi connectivity index (χ2v) is 6.74. The van der Waals surface area contributed by atoms with E-state index >= 15 is 0 Å². The number of hydrogen-bond donors (Lipinski definition) is 4. The minimum atomic E-state index is 0.0476. The first kappa shape index (κ1) is 23.0. The predicted octanol–water partition coefficient (Wildman–Crippen LogP) is 3.28. The van der Waals surface area contributed by atoms with Crippen molar-refractivity contribution >= 4 is 17.6 Å². The van der Waals surface area contributed by atoms with E-state index in [-0.39, 0.29) is 12.5 Å². The lowest BCUT2D eigenvalue weighted by Crippen LogP contribution is -2.40. The van der Waals surface area contributed by atoms with Crippen LogP contribution in [0.5, 0.6) is 0 Å². The van der Waals surface area contributed by atoms with Crippen LogP contribution in [0.1, 0.15) is 58.4 Å². The van der Waals surface area contributed by atoms with Gasteiger partial charge in [-0.2, -0.15) is 0 Å². The normalized spacial score (nSPS) is 12.5. The van der Waals surface area contributed by atoms with Crippen LogP contribution < -0.4 is 16.0 Å². The van der Waals surface area contributed by atoms with E-state index in [2.05, 4.69) is 27.9 Å². The molecule has 27 heavy (non-hydrogen) atoms. The molecule has 1 aromatic rings. The number of benzene rings is 1. The smallest absolute Gasteiger partial charge is 0.224 e. The third-order valence-electron chi connectivity index (χ3n) is 4.27. The summed E-state index contributed by atoms with van der Waals surface area (Å²) in [6, 6.07) is 7.80. The molecule has 1 unspecified atom stereocenters. The van der Waals surface area contributed by atoms with Gasteiger partial charge in [-0.1, -0.05) is 32.4 Å². The van der Waals surface area contributed by atoms with Crippen LogP contribution >= 0.6 is 0 Å². The van der Waals surface area contributed by atoms with Gasteiger partial charge in [0, 0.05) is 31.8 Å². The molecule has 0 saturated carbocycles. The summed E-state index contributed by atoms with van der Waals surface area (Å²) >= 11 is 0. The van der Waals surface area contributed by atoms with E-state index in [4.69, 9.17) is 0 Å². The highest BCUT2D eigenvalue weighted by atomic mass is 16.3. The van der Waals surface area contributed by atoms with Gasteiger partial charge < -0.3 is 21.1 Å². The molecule has 6 heteroatoms. The Labute approximate surface area is 163 Å². The summed E-state index contributed by atoms with van der Waals surface area (Å²) in [5.41, 5.74) is 1.90. The van der Waals surface area contributed by atoms with Crippen LogP contribution in [0.2, 0.25) is 0 Å². The molecule has 0 aliphatic rings. The molecule has 6 nitrogen and oxygen atoms in total. The molecule has 1 rings (SSSR count). The van der Waals surface area contributed by atoms with Gasteiger partial charge in [-0.05, 0) is 49.8 Å². The maximum absolute atomic E-state index is 11.6. The standard InChI is InChI=1S/C21H36N4O2/c1-4-7-17(13-14-26)15-23-21(22-6-3)24-16-18-9-11-19(12-10-18)25-20(27)8-5-2/h9-12,17,26H,4-8,13-16H2,1-3H3,(H,25,27)(H2,22,23,24). The van der Waals surface area contributed by atoms with Crippen LogP contribution in [0, 0.1) is 5.92 Å². The summed E-state index contributed by atoms with van der Waals surface area (Å²) in [4.78, 5) is 16.3. The molecular weight excluding hydrogens is 340 g/mol. The highest BCUT2D eigenvalue weighted by molar-refractivity contribution is 5.90. The lowest BCUT2D eigenvalue weighted by Gasteiger charge is -2.18. The van der Waals surface area contributed by atoms with E-state index in [0.717, 1.165) is 56.0 Å². The lowest BCUT2D eigenvalue weighted by molar-refractivity contribution is -0.116. The predicted molar refractivity (Wildman–Crippen MR) is 113 cm³/mol. The van der Waals surface area contributed by atoms with Gasteiger partial charge in [0.05, 0.1) is 6.54 Å². The Balaban J connectivity index is 2.59. The van der Waals surface area contributed by atoms with E-state index < -0.39 is 0 Å². The average molecular weight is 377 g/mol. The number of guanidine groups is 1. The Hall–Kier alpha value is -2.08. The van der Waals surface area contributed by atoms with Crippen LogP contribution in [0.3, 0.4) is 0 Å². The zero-order chi connectivity index (χ0) is 19.9. The van der Waals surface area contributed by atoms with Gasteiger partial charge >= 0.3 is 0 Å². The number of nitrogens with one attached hydrogen (secondary N) is 3. The molecule has 0 aromatic heterocycles. The largest absolute Gasteiger partial charge is 0.396 e. The first-order chi connectivity index (χ1) is 13.1. The average Bonchev–Trinajstić information content (AvgIpc) is 2.65. The third-order valence-corrected chi connectivity index (χ3v) is 4.27. The van der Waals surface area contributed by atoms with E-state index in [0.29, 0.717) is 18.9 Å². The Morgan fingerprint density at radius 1 is 1.07 bits per heavy atom. The molecule has 0 aliphatic heterocycles. The maximum Gasteiger partial charge on any atom is 0.224 e. The summed E-state index contributed by atoms with van der Waals surface area (Å²) in [6.07, 6.45) is 4.40. The molecule has 0 radical (unpaired) electrons. The molecule has 1 atom stereocenters. The second-order valence-electron chi connectivity index (χ2n) is 6.74. The summed E-state index contributed by atoms with van der Waals surface area (Å²) in [5.74, 6) is 1.29. The fourth-order valence-corrected chi connectivity index (χ4v) is 2.84. The molecule has 0 fully saturated rings. The van der Waals surface area contributed by atoms with Crippen LogP contribution in [-0.4, -0.2) is 36.7 Å². The zero-order valence-corrected chi connectivity index (χ0v) is 17.1. The number of carbonyl (C=O) groups is 1. The molecule has 0 bridgehead atoms. The molecule has 0 saturated heterocycles. The summed E-state index contributed by atoms with van der Waals surface area (Å²) in [7, 11) is 0. The first-order valence-corrected chi connectivity index (χ1v) is 10.1. The molecule has 1 amide bonds. The highest BCUT2D eigenvalue weighted by Crippen LogP contribution is 2.12. The minimum absolute atomic E-state index is 0.0476. The number of rotatable bonds is 12. The molecule has 1 aromatic carbocycles. The van der Waals surface area contributed by atoms with Crippen LogP contribution in [-0.2, 0) is 11.3 Å². The van der Waals surface area contributed by atoms with E-state index in [1.807, 2.05) is 38.1 Å².